The number of piperidine rings is 1. The van der Waals surface area contributed by atoms with Gasteiger partial charge in [0.1, 0.15) is 0 Å². The summed E-state index contributed by atoms with van der Waals surface area (Å²) in [5.74, 6) is 0.464. The highest BCUT2D eigenvalue weighted by atomic mass is 16.4. The number of aliphatic hydroxyl groups excluding tert-OH is 1. The van der Waals surface area contributed by atoms with E-state index in [9.17, 15) is 4.79 Å². The van der Waals surface area contributed by atoms with Crippen molar-refractivity contribution in [2.45, 2.75) is 38.6 Å². The molecule has 1 rings (SSSR count). The van der Waals surface area contributed by atoms with Crippen LogP contribution in [0.1, 0.15) is 33.1 Å². The molecule has 0 unspecified atom stereocenters. The second-order valence-electron chi connectivity index (χ2n) is 4.62. The van der Waals surface area contributed by atoms with Gasteiger partial charge in [0.25, 0.3) is 0 Å². The molecule has 1 amide bonds. The number of nitrogens with zero attached hydrogens (tertiary/aromatic N) is 1. The SMILES string of the molecule is CC1(C)C[C@@H](CCO)CCN1C(=O)O. The van der Waals surface area contributed by atoms with Crippen molar-refractivity contribution in [2.75, 3.05) is 13.2 Å². The summed E-state index contributed by atoms with van der Waals surface area (Å²) < 4.78 is 0. The van der Waals surface area contributed by atoms with Gasteiger partial charge in [-0.1, -0.05) is 0 Å². The van der Waals surface area contributed by atoms with Crippen molar-refractivity contribution in [3.8, 4) is 0 Å². The molecule has 0 aromatic heterocycles. The van der Waals surface area contributed by atoms with Crippen LogP contribution in [-0.4, -0.2) is 39.9 Å². The minimum Gasteiger partial charge on any atom is -0.465 e. The first-order valence-electron chi connectivity index (χ1n) is 5.09. The maximum Gasteiger partial charge on any atom is 0.407 e. The van der Waals surface area contributed by atoms with E-state index in [-0.39, 0.29) is 12.1 Å². The van der Waals surface area contributed by atoms with E-state index >= 15 is 0 Å². The van der Waals surface area contributed by atoms with Crippen molar-refractivity contribution in [2.24, 2.45) is 5.92 Å². The van der Waals surface area contributed by atoms with Gasteiger partial charge in [-0.15, -0.1) is 0 Å². The number of hydrogen-bond acceptors (Lipinski definition) is 2. The highest BCUT2D eigenvalue weighted by molar-refractivity contribution is 5.66. The van der Waals surface area contributed by atoms with E-state index < -0.39 is 6.09 Å². The van der Waals surface area contributed by atoms with Crippen molar-refractivity contribution in [1.82, 2.24) is 4.90 Å². The van der Waals surface area contributed by atoms with Crippen molar-refractivity contribution in [1.29, 1.82) is 0 Å². The molecule has 0 radical (unpaired) electrons. The van der Waals surface area contributed by atoms with Crippen LogP contribution in [0.5, 0.6) is 0 Å². The van der Waals surface area contributed by atoms with Crippen LogP contribution in [0.2, 0.25) is 0 Å². The number of carboxylic acid groups (broad SMARTS) is 1. The zero-order valence-electron chi connectivity index (χ0n) is 8.86. The molecule has 14 heavy (non-hydrogen) atoms. The fourth-order valence-electron chi connectivity index (χ4n) is 2.32. The predicted octanol–water partition coefficient (Wildman–Crippen LogP) is 1.54. The Morgan fingerprint density at radius 3 is 2.64 bits per heavy atom. The molecule has 0 aromatic rings. The molecule has 0 bridgehead atoms. The monoisotopic (exact) mass is 201 g/mol. The number of amides is 1. The zero-order valence-corrected chi connectivity index (χ0v) is 8.86. The van der Waals surface area contributed by atoms with E-state index in [1.807, 2.05) is 13.8 Å². The maximum atomic E-state index is 10.9. The van der Waals surface area contributed by atoms with E-state index in [1.165, 1.54) is 4.90 Å². The lowest BCUT2D eigenvalue weighted by atomic mass is 9.81. The summed E-state index contributed by atoms with van der Waals surface area (Å²) in [6.45, 7) is 4.69. The van der Waals surface area contributed by atoms with Gasteiger partial charge >= 0.3 is 6.09 Å². The Bertz CT molecular complexity index is 215. The van der Waals surface area contributed by atoms with Crippen molar-refractivity contribution in [3.05, 3.63) is 0 Å². The van der Waals surface area contributed by atoms with Crippen molar-refractivity contribution in [3.63, 3.8) is 0 Å². The van der Waals surface area contributed by atoms with Gasteiger partial charge in [0, 0.05) is 18.7 Å². The molecular weight excluding hydrogens is 182 g/mol. The molecule has 1 aliphatic rings. The van der Waals surface area contributed by atoms with E-state index in [2.05, 4.69) is 0 Å². The third-order valence-corrected chi connectivity index (χ3v) is 3.05. The summed E-state index contributed by atoms with van der Waals surface area (Å²) in [7, 11) is 0. The number of carbonyl (C=O) groups is 1. The van der Waals surface area contributed by atoms with Gasteiger partial charge in [-0.2, -0.15) is 0 Å². The molecule has 1 aliphatic heterocycles. The van der Waals surface area contributed by atoms with Crippen molar-refractivity contribution < 1.29 is 15.0 Å². The summed E-state index contributed by atoms with van der Waals surface area (Å²) in [4.78, 5) is 12.4. The van der Waals surface area contributed by atoms with Gasteiger partial charge in [0.15, 0.2) is 0 Å². The predicted molar refractivity (Wildman–Crippen MR) is 53.2 cm³/mol. The van der Waals surface area contributed by atoms with Crippen LogP contribution >= 0.6 is 0 Å². The number of aliphatic hydroxyl groups is 1. The summed E-state index contributed by atoms with van der Waals surface area (Å²) >= 11 is 0. The van der Waals surface area contributed by atoms with Crippen LogP contribution in [0.15, 0.2) is 0 Å². The average Bonchev–Trinajstić information content (AvgIpc) is 2.01. The lowest BCUT2D eigenvalue weighted by Gasteiger charge is -2.44. The minimum absolute atomic E-state index is 0.202. The summed E-state index contributed by atoms with van der Waals surface area (Å²) in [5.41, 5.74) is -0.288. The van der Waals surface area contributed by atoms with Crippen LogP contribution in [0, 0.1) is 5.92 Å². The third-order valence-electron chi connectivity index (χ3n) is 3.05. The fourth-order valence-corrected chi connectivity index (χ4v) is 2.32. The van der Waals surface area contributed by atoms with E-state index in [4.69, 9.17) is 10.2 Å². The van der Waals surface area contributed by atoms with Gasteiger partial charge in [0.2, 0.25) is 0 Å². The molecule has 82 valence electrons. The summed E-state index contributed by atoms with van der Waals surface area (Å²) in [6, 6.07) is 0. The minimum atomic E-state index is -0.836. The molecule has 0 aromatic carbocycles. The number of rotatable bonds is 2. The molecule has 4 heteroatoms. The Labute approximate surface area is 84.5 Å². The first kappa shape index (κ1) is 11.3. The number of likely N-dealkylation sites (tertiary alicyclic amines) is 1. The molecule has 1 fully saturated rings. The lowest BCUT2D eigenvalue weighted by molar-refractivity contribution is 0.0417. The average molecular weight is 201 g/mol. The second-order valence-corrected chi connectivity index (χ2v) is 4.62. The Kier molecular flexibility index (Phi) is 3.37. The van der Waals surface area contributed by atoms with Crippen molar-refractivity contribution >= 4 is 6.09 Å². The molecule has 0 aliphatic carbocycles. The van der Waals surface area contributed by atoms with Crippen LogP contribution in [-0.2, 0) is 0 Å². The van der Waals surface area contributed by atoms with Crippen LogP contribution < -0.4 is 0 Å². The third kappa shape index (κ3) is 2.38. The second kappa shape index (κ2) is 4.17. The molecule has 1 atom stereocenters. The molecule has 2 N–H and O–H groups in total. The molecule has 4 nitrogen and oxygen atoms in total. The quantitative estimate of drug-likeness (QED) is 0.712. The topological polar surface area (TPSA) is 60.8 Å². The van der Waals surface area contributed by atoms with Gasteiger partial charge in [-0.05, 0) is 39.0 Å². The molecule has 0 saturated carbocycles. The smallest absolute Gasteiger partial charge is 0.407 e. The van der Waals surface area contributed by atoms with Gasteiger partial charge in [0.05, 0.1) is 0 Å². The van der Waals surface area contributed by atoms with E-state index in [1.54, 1.807) is 0 Å². The Balaban J connectivity index is 2.60. The van der Waals surface area contributed by atoms with Gasteiger partial charge in [-0.25, -0.2) is 4.79 Å². The maximum absolute atomic E-state index is 10.9. The first-order chi connectivity index (χ1) is 6.47. The highest BCUT2D eigenvalue weighted by Gasteiger charge is 2.37. The molecular formula is C10H19NO3. The molecule has 1 heterocycles. The molecule has 1 saturated heterocycles. The van der Waals surface area contributed by atoms with E-state index in [0.29, 0.717) is 12.5 Å². The lowest BCUT2D eigenvalue weighted by Crippen LogP contribution is -2.52. The molecule has 0 spiro atoms. The first-order valence-corrected chi connectivity index (χ1v) is 5.09. The van der Waals surface area contributed by atoms with Gasteiger partial charge < -0.3 is 15.1 Å². The Hall–Kier alpha value is -0.770. The Morgan fingerprint density at radius 2 is 2.21 bits per heavy atom. The Morgan fingerprint density at radius 1 is 1.57 bits per heavy atom. The standard InChI is InChI=1S/C10H19NO3/c1-10(2)7-8(4-6-12)3-5-11(10)9(13)14/h8,12H,3-7H2,1-2H3,(H,13,14)/t8-/m1/s1. The normalized spacial score (nSPS) is 26.2. The fraction of sp³-hybridized carbons (Fsp3) is 0.900. The number of hydrogen-bond donors (Lipinski definition) is 2. The largest absolute Gasteiger partial charge is 0.465 e. The van der Waals surface area contributed by atoms with E-state index in [0.717, 1.165) is 19.3 Å². The highest BCUT2D eigenvalue weighted by Crippen LogP contribution is 2.32. The van der Waals surface area contributed by atoms with Crippen LogP contribution in [0.3, 0.4) is 0 Å². The zero-order chi connectivity index (χ0) is 10.8. The van der Waals surface area contributed by atoms with Crippen LogP contribution in [0.4, 0.5) is 4.79 Å². The van der Waals surface area contributed by atoms with Crippen LogP contribution in [0.25, 0.3) is 0 Å². The van der Waals surface area contributed by atoms with Gasteiger partial charge in [-0.3, -0.25) is 0 Å². The summed E-state index contributed by atoms with van der Waals surface area (Å²) in [5, 5.41) is 17.8. The summed E-state index contributed by atoms with van der Waals surface area (Å²) in [6.07, 6.45) is 1.67.